The summed E-state index contributed by atoms with van der Waals surface area (Å²) in [5.74, 6) is -0.925. The van der Waals surface area contributed by atoms with Gasteiger partial charge in [0.2, 0.25) is 0 Å². The van der Waals surface area contributed by atoms with Crippen molar-refractivity contribution in [1.29, 1.82) is 0 Å². The lowest BCUT2D eigenvalue weighted by molar-refractivity contribution is 0.0696. The van der Waals surface area contributed by atoms with Crippen LogP contribution in [0.15, 0.2) is 22.7 Å². The van der Waals surface area contributed by atoms with Crippen LogP contribution < -0.4 is 5.32 Å². The Kier molecular flexibility index (Phi) is 2.78. The average Bonchev–Trinajstić information content (AvgIpc) is 2.17. The van der Waals surface area contributed by atoms with Crippen molar-refractivity contribution in [3.63, 3.8) is 0 Å². The van der Waals surface area contributed by atoms with Gasteiger partial charge < -0.3 is 10.4 Å². The molecule has 1 aromatic rings. The SMILES string of the molecule is CC1=CC(C)(C)Nc2cc(C(=O)O)c(Br)cc21. The van der Waals surface area contributed by atoms with Crippen LogP contribution in [0.1, 0.15) is 36.7 Å². The first-order valence-electron chi connectivity index (χ1n) is 5.35. The van der Waals surface area contributed by atoms with Gasteiger partial charge in [0.05, 0.1) is 11.1 Å². The third-order valence-electron chi connectivity index (χ3n) is 2.80. The number of anilines is 1. The minimum Gasteiger partial charge on any atom is -0.478 e. The number of aromatic carboxylic acids is 1. The van der Waals surface area contributed by atoms with Crippen molar-refractivity contribution in [3.8, 4) is 0 Å². The molecule has 2 N–H and O–H groups in total. The van der Waals surface area contributed by atoms with Crippen LogP contribution in [0.4, 0.5) is 5.69 Å². The lowest BCUT2D eigenvalue weighted by Gasteiger charge is -2.31. The van der Waals surface area contributed by atoms with Crippen LogP contribution in [0, 0.1) is 0 Å². The molecule has 0 aliphatic carbocycles. The molecule has 0 amide bonds. The normalized spacial score (nSPS) is 16.8. The van der Waals surface area contributed by atoms with Gasteiger partial charge in [-0.3, -0.25) is 0 Å². The number of carboxylic acid groups (broad SMARTS) is 1. The molecule has 1 aliphatic rings. The smallest absolute Gasteiger partial charge is 0.336 e. The Morgan fingerprint density at radius 3 is 2.65 bits per heavy atom. The second kappa shape index (κ2) is 3.88. The van der Waals surface area contributed by atoms with Crippen molar-refractivity contribution in [2.75, 3.05) is 5.32 Å². The van der Waals surface area contributed by atoms with Crippen molar-refractivity contribution >= 4 is 33.2 Å². The van der Waals surface area contributed by atoms with Gasteiger partial charge in [-0.2, -0.15) is 0 Å². The molecular weight excluding hydrogens is 282 g/mol. The first-order chi connectivity index (χ1) is 7.80. The fraction of sp³-hybridized carbons (Fsp3) is 0.308. The number of allylic oxidation sites excluding steroid dienone is 1. The van der Waals surface area contributed by atoms with E-state index in [1.165, 1.54) is 0 Å². The van der Waals surface area contributed by atoms with Gasteiger partial charge in [-0.1, -0.05) is 6.08 Å². The van der Waals surface area contributed by atoms with E-state index in [4.69, 9.17) is 5.11 Å². The van der Waals surface area contributed by atoms with Crippen LogP contribution in [0.2, 0.25) is 0 Å². The molecule has 0 saturated heterocycles. The molecule has 2 rings (SSSR count). The predicted octanol–water partition coefficient (Wildman–Crippen LogP) is 3.75. The van der Waals surface area contributed by atoms with Gasteiger partial charge in [0.1, 0.15) is 0 Å². The topological polar surface area (TPSA) is 49.3 Å². The van der Waals surface area contributed by atoms with Gasteiger partial charge in [-0.25, -0.2) is 4.79 Å². The van der Waals surface area contributed by atoms with Crippen LogP contribution in [0.3, 0.4) is 0 Å². The Bertz CT molecular complexity index is 532. The standard InChI is InChI=1S/C13H14BrNO2/c1-7-6-13(2,3)15-11-5-9(12(16)17)10(14)4-8(7)11/h4-6,15H,1-3H3,(H,16,17). The molecule has 90 valence electrons. The van der Waals surface area contributed by atoms with Gasteiger partial charge >= 0.3 is 5.97 Å². The molecule has 0 radical (unpaired) electrons. The van der Waals surface area contributed by atoms with E-state index in [1.54, 1.807) is 6.07 Å². The number of benzene rings is 1. The molecule has 1 heterocycles. The zero-order valence-corrected chi connectivity index (χ0v) is 11.6. The van der Waals surface area contributed by atoms with E-state index in [2.05, 4.69) is 41.2 Å². The summed E-state index contributed by atoms with van der Waals surface area (Å²) in [7, 11) is 0. The number of halogens is 1. The summed E-state index contributed by atoms with van der Waals surface area (Å²) in [4.78, 5) is 11.1. The van der Waals surface area contributed by atoms with E-state index in [9.17, 15) is 4.79 Å². The number of rotatable bonds is 1. The number of carbonyl (C=O) groups is 1. The number of fused-ring (bicyclic) bond motifs is 1. The van der Waals surface area contributed by atoms with E-state index < -0.39 is 5.97 Å². The highest BCUT2D eigenvalue weighted by Crippen LogP contribution is 2.36. The minimum atomic E-state index is -0.925. The summed E-state index contributed by atoms with van der Waals surface area (Å²) in [6.45, 7) is 6.15. The number of carboxylic acids is 1. The van der Waals surface area contributed by atoms with Crippen LogP contribution in [0.25, 0.3) is 5.57 Å². The van der Waals surface area contributed by atoms with Gasteiger partial charge in [-0.05, 0) is 54.4 Å². The number of hydrogen-bond acceptors (Lipinski definition) is 2. The molecule has 3 nitrogen and oxygen atoms in total. The number of nitrogens with one attached hydrogen (secondary N) is 1. The zero-order chi connectivity index (χ0) is 12.8. The molecule has 0 saturated carbocycles. The summed E-state index contributed by atoms with van der Waals surface area (Å²) >= 11 is 3.30. The summed E-state index contributed by atoms with van der Waals surface area (Å²) < 4.78 is 0.609. The maximum atomic E-state index is 11.1. The molecule has 0 bridgehead atoms. The largest absolute Gasteiger partial charge is 0.478 e. The van der Waals surface area contributed by atoms with Crippen molar-refractivity contribution in [2.45, 2.75) is 26.3 Å². The average molecular weight is 296 g/mol. The Morgan fingerprint density at radius 1 is 1.41 bits per heavy atom. The monoisotopic (exact) mass is 295 g/mol. The van der Waals surface area contributed by atoms with Crippen molar-refractivity contribution < 1.29 is 9.90 Å². The Morgan fingerprint density at radius 2 is 2.06 bits per heavy atom. The van der Waals surface area contributed by atoms with Crippen molar-refractivity contribution in [3.05, 3.63) is 33.8 Å². The summed E-state index contributed by atoms with van der Waals surface area (Å²) in [5, 5.41) is 12.4. The zero-order valence-electron chi connectivity index (χ0n) is 9.97. The predicted molar refractivity (Wildman–Crippen MR) is 72.5 cm³/mol. The first-order valence-corrected chi connectivity index (χ1v) is 6.14. The Balaban J connectivity index is 2.62. The molecule has 17 heavy (non-hydrogen) atoms. The molecule has 1 aromatic carbocycles. The molecule has 0 fully saturated rings. The fourth-order valence-electron chi connectivity index (χ4n) is 2.17. The lowest BCUT2D eigenvalue weighted by Crippen LogP contribution is -2.31. The summed E-state index contributed by atoms with van der Waals surface area (Å²) in [5.41, 5.74) is 3.20. The van der Waals surface area contributed by atoms with E-state index in [-0.39, 0.29) is 11.1 Å². The van der Waals surface area contributed by atoms with E-state index in [0.717, 1.165) is 16.8 Å². The van der Waals surface area contributed by atoms with Crippen LogP contribution in [-0.4, -0.2) is 16.6 Å². The van der Waals surface area contributed by atoms with Crippen molar-refractivity contribution in [2.24, 2.45) is 0 Å². The minimum absolute atomic E-state index is 0.152. The highest BCUT2D eigenvalue weighted by atomic mass is 79.9. The fourth-order valence-corrected chi connectivity index (χ4v) is 2.68. The lowest BCUT2D eigenvalue weighted by atomic mass is 9.90. The molecule has 1 aliphatic heterocycles. The molecule has 0 atom stereocenters. The quantitative estimate of drug-likeness (QED) is 0.829. The molecule has 0 spiro atoms. The van der Waals surface area contributed by atoms with Crippen LogP contribution in [0.5, 0.6) is 0 Å². The van der Waals surface area contributed by atoms with Gasteiger partial charge in [-0.15, -0.1) is 0 Å². The molecule has 0 aromatic heterocycles. The van der Waals surface area contributed by atoms with E-state index in [0.29, 0.717) is 4.47 Å². The third-order valence-corrected chi connectivity index (χ3v) is 3.45. The highest BCUT2D eigenvalue weighted by Gasteiger charge is 2.24. The van der Waals surface area contributed by atoms with Crippen molar-refractivity contribution in [1.82, 2.24) is 0 Å². The third kappa shape index (κ3) is 2.22. The van der Waals surface area contributed by atoms with Gasteiger partial charge in [0.25, 0.3) is 0 Å². The second-order valence-corrected chi connectivity index (χ2v) is 5.71. The number of hydrogen-bond donors (Lipinski definition) is 2. The maximum Gasteiger partial charge on any atom is 0.336 e. The molecule has 0 unspecified atom stereocenters. The van der Waals surface area contributed by atoms with E-state index in [1.807, 2.05) is 13.0 Å². The molecular formula is C13H14BrNO2. The van der Waals surface area contributed by atoms with Gasteiger partial charge in [0, 0.05) is 15.7 Å². The summed E-state index contributed by atoms with van der Waals surface area (Å²) in [6.07, 6.45) is 2.14. The Labute approximate surface area is 109 Å². The Hall–Kier alpha value is -1.29. The van der Waals surface area contributed by atoms with E-state index >= 15 is 0 Å². The summed E-state index contributed by atoms with van der Waals surface area (Å²) in [6, 6.07) is 3.53. The second-order valence-electron chi connectivity index (χ2n) is 4.86. The van der Waals surface area contributed by atoms with Gasteiger partial charge in [0.15, 0.2) is 0 Å². The molecule has 4 heteroatoms. The maximum absolute atomic E-state index is 11.1. The van der Waals surface area contributed by atoms with Crippen LogP contribution in [-0.2, 0) is 0 Å². The first kappa shape index (κ1) is 12.2. The van der Waals surface area contributed by atoms with Crippen LogP contribution >= 0.6 is 15.9 Å². The highest BCUT2D eigenvalue weighted by molar-refractivity contribution is 9.10.